The predicted octanol–water partition coefficient (Wildman–Crippen LogP) is 4.19. The van der Waals surface area contributed by atoms with Gasteiger partial charge in [-0.1, -0.05) is 29.8 Å². The van der Waals surface area contributed by atoms with Crippen molar-refractivity contribution < 1.29 is 4.39 Å². The van der Waals surface area contributed by atoms with Gasteiger partial charge in [0, 0.05) is 35.2 Å². The van der Waals surface area contributed by atoms with Crippen molar-refractivity contribution in [2.45, 2.75) is 52.2 Å². The number of hydrogen-bond donors (Lipinski definition) is 1. The van der Waals surface area contributed by atoms with Crippen LogP contribution in [0.5, 0.6) is 0 Å². The lowest BCUT2D eigenvalue weighted by Gasteiger charge is -2.30. The third-order valence-electron chi connectivity index (χ3n) is 4.21. The van der Waals surface area contributed by atoms with Crippen molar-refractivity contribution in [2.24, 2.45) is 5.92 Å². The molecule has 0 spiro atoms. The van der Waals surface area contributed by atoms with Gasteiger partial charge in [-0.05, 0) is 50.4 Å². The van der Waals surface area contributed by atoms with E-state index in [-0.39, 0.29) is 5.82 Å². The lowest BCUT2D eigenvalue weighted by Crippen LogP contribution is -2.40. The van der Waals surface area contributed by atoms with E-state index in [1.54, 1.807) is 12.1 Å². The van der Waals surface area contributed by atoms with Crippen LogP contribution in [0.2, 0.25) is 0 Å². The smallest absolute Gasteiger partial charge is 0.127 e. The summed E-state index contributed by atoms with van der Waals surface area (Å²) in [6, 6.07) is 6.19. The average molecular weight is 357 g/mol. The Morgan fingerprint density at radius 3 is 2.90 bits per heavy atom. The van der Waals surface area contributed by atoms with Gasteiger partial charge in [-0.15, -0.1) is 0 Å². The van der Waals surface area contributed by atoms with E-state index in [0.717, 1.165) is 29.5 Å². The summed E-state index contributed by atoms with van der Waals surface area (Å²) in [5.74, 6) is 0.573. The summed E-state index contributed by atoms with van der Waals surface area (Å²) < 4.78 is 14.9. The minimum atomic E-state index is -0.108. The lowest BCUT2D eigenvalue weighted by atomic mass is 10.0. The first kappa shape index (κ1) is 16.9. The van der Waals surface area contributed by atoms with Crippen molar-refractivity contribution in [3.8, 4) is 0 Å². The molecule has 118 valence electrons. The van der Waals surface area contributed by atoms with Crippen LogP contribution in [0.25, 0.3) is 0 Å². The fourth-order valence-corrected chi connectivity index (χ4v) is 3.45. The van der Waals surface area contributed by atoms with E-state index in [1.807, 2.05) is 6.07 Å². The van der Waals surface area contributed by atoms with E-state index in [9.17, 15) is 4.39 Å². The van der Waals surface area contributed by atoms with E-state index >= 15 is 0 Å². The number of benzene rings is 1. The van der Waals surface area contributed by atoms with Crippen molar-refractivity contribution in [1.29, 1.82) is 0 Å². The highest BCUT2D eigenvalue weighted by molar-refractivity contribution is 9.10. The van der Waals surface area contributed by atoms with Crippen LogP contribution in [0.15, 0.2) is 22.7 Å². The van der Waals surface area contributed by atoms with E-state index in [2.05, 4.69) is 46.9 Å². The summed E-state index contributed by atoms with van der Waals surface area (Å²) in [6.07, 6.45) is 2.29. The Kier molecular flexibility index (Phi) is 6.20. The second kappa shape index (κ2) is 7.70. The fourth-order valence-electron chi connectivity index (χ4n) is 3.04. The zero-order chi connectivity index (χ0) is 15.4. The van der Waals surface area contributed by atoms with Gasteiger partial charge < -0.3 is 5.32 Å². The van der Waals surface area contributed by atoms with Gasteiger partial charge in [-0.3, -0.25) is 4.90 Å². The zero-order valence-electron chi connectivity index (χ0n) is 13.2. The molecule has 1 aromatic rings. The van der Waals surface area contributed by atoms with Crippen molar-refractivity contribution in [3.05, 3.63) is 34.1 Å². The zero-order valence-corrected chi connectivity index (χ0v) is 14.8. The highest BCUT2D eigenvalue weighted by atomic mass is 79.9. The Balaban J connectivity index is 2.09. The normalized spacial score (nSPS) is 24.3. The topological polar surface area (TPSA) is 15.3 Å². The third kappa shape index (κ3) is 5.04. The largest absolute Gasteiger partial charge is 0.313 e. The number of nitrogens with one attached hydrogen (secondary N) is 1. The lowest BCUT2D eigenvalue weighted by molar-refractivity contribution is 0.187. The van der Waals surface area contributed by atoms with Crippen LogP contribution < -0.4 is 5.32 Å². The first-order valence-corrected chi connectivity index (χ1v) is 8.66. The van der Waals surface area contributed by atoms with E-state index in [1.165, 1.54) is 6.42 Å². The van der Waals surface area contributed by atoms with Crippen LogP contribution in [0.4, 0.5) is 4.39 Å². The molecule has 1 aromatic carbocycles. The Morgan fingerprint density at radius 1 is 1.43 bits per heavy atom. The molecule has 0 amide bonds. The molecule has 1 N–H and O–H groups in total. The molecular weight excluding hydrogens is 331 g/mol. The first-order chi connectivity index (χ1) is 9.95. The highest BCUT2D eigenvalue weighted by Crippen LogP contribution is 2.21. The second-order valence-corrected chi connectivity index (χ2v) is 7.50. The third-order valence-corrected chi connectivity index (χ3v) is 4.70. The van der Waals surface area contributed by atoms with Gasteiger partial charge >= 0.3 is 0 Å². The molecule has 0 saturated carbocycles. The van der Waals surface area contributed by atoms with Crippen molar-refractivity contribution >= 4 is 15.9 Å². The standard InChI is InChI=1S/C17H26BrFN2/c1-12(2)8-16-11-21(13(3)6-7-20-16)10-14-9-15(18)4-5-17(14)19/h4-5,9,12-13,16,20H,6-8,10-11H2,1-3H3. The predicted molar refractivity (Wildman–Crippen MR) is 89.8 cm³/mol. The van der Waals surface area contributed by atoms with Gasteiger partial charge in [0.2, 0.25) is 0 Å². The molecule has 0 bridgehead atoms. The quantitative estimate of drug-likeness (QED) is 0.869. The van der Waals surface area contributed by atoms with Crippen LogP contribution in [0, 0.1) is 11.7 Å². The van der Waals surface area contributed by atoms with Crippen LogP contribution in [-0.2, 0) is 6.54 Å². The van der Waals surface area contributed by atoms with Gasteiger partial charge in [0.05, 0.1) is 0 Å². The van der Waals surface area contributed by atoms with Crippen LogP contribution in [0.1, 0.15) is 39.2 Å². The van der Waals surface area contributed by atoms with E-state index in [4.69, 9.17) is 0 Å². The summed E-state index contributed by atoms with van der Waals surface area (Å²) in [6.45, 7) is 9.49. The van der Waals surface area contributed by atoms with Gasteiger partial charge in [0.25, 0.3) is 0 Å². The molecule has 1 heterocycles. The molecule has 0 radical (unpaired) electrons. The maximum absolute atomic E-state index is 14.0. The molecule has 21 heavy (non-hydrogen) atoms. The average Bonchev–Trinajstić information content (AvgIpc) is 2.56. The molecular formula is C17H26BrFN2. The molecule has 0 aliphatic carbocycles. The Bertz CT molecular complexity index is 464. The summed E-state index contributed by atoms with van der Waals surface area (Å²) in [4.78, 5) is 2.41. The van der Waals surface area contributed by atoms with E-state index in [0.29, 0.717) is 24.5 Å². The molecule has 2 nitrogen and oxygen atoms in total. The highest BCUT2D eigenvalue weighted by Gasteiger charge is 2.24. The van der Waals surface area contributed by atoms with Gasteiger partial charge in [-0.25, -0.2) is 4.39 Å². The number of hydrogen-bond acceptors (Lipinski definition) is 2. The molecule has 1 saturated heterocycles. The molecule has 2 unspecified atom stereocenters. The van der Waals surface area contributed by atoms with Gasteiger partial charge in [0.15, 0.2) is 0 Å². The van der Waals surface area contributed by atoms with Crippen molar-refractivity contribution in [1.82, 2.24) is 10.2 Å². The Morgan fingerprint density at radius 2 is 2.19 bits per heavy atom. The Labute approximate surface area is 136 Å². The number of rotatable bonds is 4. The maximum Gasteiger partial charge on any atom is 0.127 e. The van der Waals surface area contributed by atoms with E-state index < -0.39 is 0 Å². The van der Waals surface area contributed by atoms with Gasteiger partial charge in [-0.2, -0.15) is 0 Å². The Hall–Kier alpha value is -0.450. The molecule has 2 atom stereocenters. The summed E-state index contributed by atoms with van der Waals surface area (Å²) in [5, 5.41) is 3.64. The fraction of sp³-hybridized carbons (Fsp3) is 0.647. The molecule has 1 aliphatic heterocycles. The molecule has 2 rings (SSSR count). The first-order valence-electron chi connectivity index (χ1n) is 7.87. The van der Waals surface area contributed by atoms with Crippen molar-refractivity contribution in [2.75, 3.05) is 13.1 Å². The minimum Gasteiger partial charge on any atom is -0.313 e. The molecule has 4 heteroatoms. The maximum atomic E-state index is 14.0. The van der Waals surface area contributed by atoms with Crippen LogP contribution in [0.3, 0.4) is 0 Å². The molecule has 1 fully saturated rings. The molecule has 1 aliphatic rings. The molecule has 0 aromatic heterocycles. The van der Waals surface area contributed by atoms with Gasteiger partial charge in [0.1, 0.15) is 5.82 Å². The van der Waals surface area contributed by atoms with Crippen LogP contribution in [-0.4, -0.2) is 30.1 Å². The summed E-state index contributed by atoms with van der Waals surface area (Å²) in [7, 11) is 0. The SMILES string of the molecule is CC(C)CC1CN(Cc2cc(Br)ccc2F)C(C)CCN1. The summed E-state index contributed by atoms with van der Waals surface area (Å²) in [5.41, 5.74) is 0.779. The second-order valence-electron chi connectivity index (χ2n) is 6.58. The number of halogens is 2. The van der Waals surface area contributed by atoms with Crippen LogP contribution >= 0.6 is 15.9 Å². The summed E-state index contributed by atoms with van der Waals surface area (Å²) >= 11 is 3.44. The monoisotopic (exact) mass is 356 g/mol. The number of nitrogens with zero attached hydrogens (tertiary/aromatic N) is 1. The van der Waals surface area contributed by atoms with Crippen molar-refractivity contribution in [3.63, 3.8) is 0 Å². The minimum absolute atomic E-state index is 0.108.